The van der Waals surface area contributed by atoms with Crippen molar-refractivity contribution in [1.29, 1.82) is 0 Å². The Kier molecular flexibility index (Phi) is 3.23. The van der Waals surface area contributed by atoms with Gasteiger partial charge in [0.2, 0.25) is 0 Å². The van der Waals surface area contributed by atoms with E-state index in [0.29, 0.717) is 0 Å². The van der Waals surface area contributed by atoms with Gasteiger partial charge in [-0.2, -0.15) is 5.10 Å². The lowest BCUT2D eigenvalue weighted by molar-refractivity contribution is 0.473. The van der Waals surface area contributed by atoms with Gasteiger partial charge in [-0.25, -0.2) is 0 Å². The van der Waals surface area contributed by atoms with Crippen LogP contribution in [0.4, 0.5) is 0 Å². The standard InChI is InChI=1S/C14H18N6/c1-10(12-8-15-19(3)9-12)16-11(2)14-18-17-13-6-4-5-7-20(13)14/h4-11,16H,1-3H3. The highest BCUT2D eigenvalue weighted by atomic mass is 15.3. The van der Waals surface area contributed by atoms with Crippen molar-refractivity contribution in [3.63, 3.8) is 0 Å². The molecule has 6 nitrogen and oxygen atoms in total. The molecule has 0 aromatic carbocycles. The minimum Gasteiger partial charge on any atom is -0.301 e. The highest BCUT2D eigenvalue weighted by Crippen LogP contribution is 2.18. The number of fused-ring (bicyclic) bond motifs is 1. The molecule has 0 saturated carbocycles. The van der Waals surface area contributed by atoms with Gasteiger partial charge in [0.15, 0.2) is 11.5 Å². The van der Waals surface area contributed by atoms with Crippen LogP contribution in [0.15, 0.2) is 36.8 Å². The van der Waals surface area contributed by atoms with Crippen LogP contribution in [-0.4, -0.2) is 24.4 Å². The smallest absolute Gasteiger partial charge is 0.160 e. The van der Waals surface area contributed by atoms with E-state index in [4.69, 9.17) is 0 Å². The summed E-state index contributed by atoms with van der Waals surface area (Å²) in [7, 11) is 1.92. The molecule has 0 radical (unpaired) electrons. The molecule has 0 fully saturated rings. The van der Waals surface area contributed by atoms with Crippen molar-refractivity contribution in [3.8, 4) is 0 Å². The van der Waals surface area contributed by atoms with Gasteiger partial charge in [-0.3, -0.25) is 9.08 Å². The first-order valence-corrected chi connectivity index (χ1v) is 6.69. The van der Waals surface area contributed by atoms with Crippen LogP contribution in [0.1, 0.15) is 37.3 Å². The topological polar surface area (TPSA) is 60.0 Å². The lowest BCUT2D eigenvalue weighted by Crippen LogP contribution is -2.24. The Morgan fingerprint density at radius 3 is 2.75 bits per heavy atom. The second kappa shape index (κ2) is 5.05. The lowest BCUT2D eigenvalue weighted by Gasteiger charge is -2.17. The molecule has 3 aromatic rings. The molecule has 0 saturated heterocycles. The Labute approximate surface area is 117 Å². The first-order chi connectivity index (χ1) is 9.65. The van der Waals surface area contributed by atoms with E-state index < -0.39 is 0 Å². The fraction of sp³-hybridized carbons (Fsp3) is 0.357. The number of rotatable bonds is 4. The summed E-state index contributed by atoms with van der Waals surface area (Å²) < 4.78 is 3.82. The molecule has 6 heteroatoms. The van der Waals surface area contributed by atoms with Gasteiger partial charge in [0.05, 0.1) is 12.2 Å². The third-order valence-electron chi connectivity index (χ3n) is 3.45. The molecule has 20 heavy (non-hydrogen) atoms. The van der Waals surface area contributed by atoms with E-state index in [9.17, 15) is 0 Å². The van der Waals surface area contributed by atoms with E-state index in [1.165, 1.54) is 0 Å². The van der Waals surface area contributed by atoms with Crippen LogP contribution in [0, 0.1) is 0 Å². The van der Waals surface area contributed by atoms with Gasteiger partial charge in [-0.05, 0) is 26.0 Å². The molecule has 0 amide bonds. The molecule has 1 N–H and O–H groups in total. The van der Waals surface area contributed by atoms with Crippen LogP contribution in [-0.2, 0) is 7.05 Å². The van der Waals surface area contributed by atoms with Crippen molar-refractivity contribution in [2.75, 3.05) is 0 Å². The molecule has 3 rings (SSSR count). The second-order valence-electron chi connectivity index (χ2n) is 5.04. The number of nitrogens with zero attached hydrogens (tertiary/aromatic N) is 5. The fourth-order valence-electron chi connectivity index (χ4n) is 2.36. The van der Waals surface area contributed by atoms with Crippen molar-refractivity contribution in [2.45, 2.75) is 25.9 Å². The highest BCUT2D eigenvalue weighted by Gasteiger charge is 2.16. The predicted octanol–water partition coefficient (Wildman–Crippen LogP) is 1.87. The third-order valence-corrected chi connectivity index (χ3v) is 3.45. The maximum absolute atomic E-state index is 4.28. The van der Waals surface area contributed by atoms with E-state index in [-0.39, 0.29) is 12.1 Å². The summed E-state index contributed by atoms with van der Waals surface area (Å²) in [5, 5.41) is 16.2. The van der Waals surface area contributed by atoms with Gasteiger partial charge in [-0.15, -0.1) is 10.2 Å². The third kappa shape index (κ3) is 2.30. The zero-order chi connectivity index (χ0) is 14.1. The van der Waals surface area contributed by atoms with Gasteiger partial charge in [0, 0.05) is 31.0 Å². The number of aromatic nitrogens is 5. The number of hydrogen-bond donors (Lipinski definition) is 1. The maximum atomic E-state index is 4.28. The summed E-state index contributed by atoms with van der Waals surface area (Å²) in [6.07, 6.45) is 5.89. The second-order valence-corrected chi connectivity index (χ2v) is 5.04. The predicted molar refractivity (Wildman–Crippen MR) is 76.2 cm³/mol. The van der Waals surface area contributed by atoms with Crippen LogP contribution < -0.4 is 5.32 Å². The van der Waals surface area contributed by atoms with Crippen molar-refractivity contribution < 1.29 is 0 Å². The van der Waals surface area contributed by atoms with Crippen LogP contribution in [0.3, 0.4) is 0 Å². The number of nitrogens with one attached hydrogen (secondary N) is 1. The molecule has 0 aliphatic rings. The zero-order valence-electron chi connectivity index (χ0n) is 11.9. The quantitative estimate of drug-likeness (QED) is 0.786. The lowest BCUT2D eigenvalue weighted by atomic mass is 10.1. The number of hydrogen-bond acceptors (Lipinski definition) is 4. The summed E-state index contributed by atoms with van der Waals surface area (Å²) in [6, 6.07) is 6.20. The van der Waals surface area contributed by atoms with Crippen molar-refractivity contribution in [1.82, 2.24) is 29.7 Å². The first kappa shape index (κ1) is 12.8. The molecular weight excluding hydrogens is 252 g/mol. The average molecular weight is 270 g/mol. The van der Waals surface area contributed by atoms with Crippen molar-refractivity contribution >= 4 is 5.65 Å². The van der Waals surface area contributed by atoms with Gasteiger partial charge in [-0.1, -0.05) is 6.07 Å². The summed E-state index contributed by atoms with van der Waals surface area (Å²) in [5.74, 6) is 0.913. The summed E-state index contributed by atoms with van der Waals surface area (Å²) in [4.78, 5) is 0. The summed E-state index contributed by atoms with van der Waals surface area (Å²) >= 11 is 0. The Morgan fingerprint density at radius 1 is 1.15 bits per heavy atom. The Bertz CT molecular complexity index is 713. The van der Waals surface area contributed by atoms with E-state index in [2.05, 4.69) is 34.5 Å². The van der Waals surface area contributed by atoms with Gasteiger partial charge >= 0.3 is 0 Å². The molecule has 0 bridgehead atoms. The Hall–Kier alpha value is -2.21. The van der Waals surface area contributed by atoms with Crippen LogP contribution in [0.25, 0.3) is 5.65 Å². The van der Waals surface area contributed by atoms with E-state index in [1.54, 1.807) is 0 Å². The molecule has 3 heterocycles. The molecule has 2 atom stereocenters. The summed E-state index contributed by atoms with van der Waals surface area (Å²) in [5.41, 5.74) is 2.03. The SMILES string of the molecule is CC(NC(C)c1nnc2ccccn12)c1cnn(C)c1. The van der Waals surface area contributed by atoms with Gasteiger partial charge in [0.1, 0.15) is 0 Å². The maximum Gasteiger partial charge on any atom is 0.160 e. The minimum atomic E-state index is 0.0996. The Balaban J connectivity index is 1.80. The molecule has 0 spiro atoms. The zero-order valence-corrected chi connectivity index (χ0v) is 11.9. The van der Waals surface area contributed by atoms with E-state index in [0.717, 1.165) is 17.0 Å². The molecule has 2 unspecified atom stereocenters. The molecule has 0 aliphatic heterocycles. The van der Waals surface area contributed by atoms with Crippen molar-refractivity contribution in [3.05, 3.63) is 48.2 Å². The average Bonchev–Trinajstić information content (AvgIpc) is 3.04. The molecule has 3 aromatic heterocycles. The monoisotopic (exact) mass is 270 g/mol. The summed E-state index contributed by atoms with van der Waals surface area (Å²) in [6.45, 7) is 4.22. The van der Waals surface area contributed by atoms with Crippen LogP contribution >= 0.6 is 0 Å². The van der Waals surface area contributed by atoms with Gasteiger partial charge < -0.3 is 5.32 Å². The highest BCUT2D eigenvalue weighted by molar-refractivity contribution is 5.37. The normalized spacial score (nSPS) is 14.6. The largest absolute Gasteiger partial charge is 0.301 e. The number of aryl methyl sites for hydroxylation is 1. The number of pyridine rings is 1. The Morgan fingerprint density at radius 2 is 2.00 bits per heavy atom. The van der Waals surface area contributed by atoms with Gasteiger partial charge in [0.25, 0.3) is 0 Å². The molecule has 0 aliphatic carbocycles. The van der Waals surface area contributed by atoms with Crippen molar-refractivity contribution in [2.24, 2.45) is 7.05 Å². The molecular formula is C14H18N6. The van der Waals surface area contributed by atoms with E-state index >= 15 is 0 Å². The fourth-order valence-corrected chi connectivity index (χ4v) is 2.36. The van der Waals surface area contributed by atoms with Crippen LogP contribution in [0.2, 0.25) is 0 Å². The van der Waals surface area contributed by atoms with E-state index in [1.807, 2.05) is 52.9 Å². The molecule has 104 valence electrons. The first-order valence-electron chi connectivity index (χ1n) is 6.69. The minimum absolute atomic E-state index is 0.0996. The van der Waals surface area contributed by atoms with Crippen LogP contribution in [0.5, 0.6) is 0 Å².